The first-order valence-electron chi connectivity index (χ1n) is 6.46. The van der Waals surface area contributed by atoms with Gasteiger partial charge in [-0.3, -0.25) is 4.79 Å². The lowest BCUT2D eigenvalue weighted by Gasteiger charge is -2.12. The summed E-state index contributed by atoms with van der Waals surface area (Å²) in [6.07, 6.45) is 0.523. The Hall–Kier alpha value is -1.66. The molecule has 1 saturated heterocycles. The molecule has 6 heteroatoms. The Labute approximate surface area is 134 Å². The number of rotatable bonds is 3. The van der Waals surface area contributed by atoms with Crippen LogP contribution in [-0.2, 0) is 9.53 Å². The van der Waals surface area contributed by atoms with Crippen LogP contribution < -0.4 is 5.32 Å². The quantitative estimate of drug-likeness (QED) is 0.849. The highest BCUT2D eigenvalue weighted by molar-refractivity contribution is 9.10. The molecule has 0 bridgehead atoms. The van der Waals surface area contributed by atoms with Gasteiger partial charge < -0.3 is 10.1 Å². The summed E-state index contributed by atoms with van der Waals surface area (Å²) in [6, 6.07) is 8.85. The van der Waals surface area contributed by atoms with Gasteiger partial charge in [-0.25, -0.2) is 4.79 Å². The van der Waals surface area contributed by atoms with Crippen molar-refractivity contribution in [3.8, 4) is 10.4 Å². The van der Waals surface area contributed by atoms with Crippen molar-refractivity contribution in [2.24, 2.45) is 0 Å². The molecule has 0 spiro atoms. The molecule has 108 valence electrons. The molecule has 1 atom stereocenters. The van der Waals surface area contributed by atoms with Gasteiger partial charge in [-0.1, -0.05) is 22.0 Å². The third-order valence-corrected chi connectivity index (χ3v) is 4.65. The fourth-order valence-corrected chi connectivity index (χ4v) is 3.33. The summed E-state index contributed by atoms with van der Waals surface area (Å²) < 4.78 is 5.77. The van der Waals surface area contributed by atoms with Gasteiger partial charge in [0.15, 0.2) is 0 Å². The van der Waals surface area contributed by atoms with Gasteiger partial charge in [0.05, 0.1) is 6.61 Å². The minimum Gasteiger partial charge on any atom is -0.464 e. The van der Waals surface area contributed by atoms with Gasteiger partial charge in [-0.05, 0) is 29.6 Å². The first kappa shape index (κ1) is 14.3. The van der Waals surface area contributed by atoms with Crippen LogP contribution in [0.25, 0.3) is 10.4 Å². The number of hydrogen-bond donors (Lipinski definition) is 1. The maximum absolute atomic E-state index is 12.4. The predicted molar refractivity (Wildman–Crippen MR) is 84.3 cm³/mol. The monoisotopic (exact) mass is 365 g/mol. The van der Waals surface area contributed by atoms with Crippen LogP contribution in [0.15, 0.2) is 40.2 Å². The van der Waals surface area contributed by atoms with E-state index in [4.69, 9.17) is 4.74 Å². The molecule has 1 unspecified atom stereocenters. The molecule has 1 fully saturated rings. The molecular formula is C15H12BrNO3S. The van der Waals surface area contributed by atoms with E-state index in [0.29, 0.717) is 18.6 Å². The molecule has 1 amide bonds. The zero-order valence-corrected chi connectivity index (χ0v) is 13.4. The van der Waals surface area contributed by atoms with Gasteiger partial charge in [0.25, 0.3) is 5.91 Å². The SMILES string of the molecule is O=C(NC1CCOC1=O)c1ccc(Br)cc1-c1cccs1. The Balaban J connectivity index is 1.91. The van der Waals surface area contributed by atoms with Crippen LogP contribution in [0, 0.1) is 0 Å². The van der Waals surface area contributed by atoms with E-state index < -0.39 is 6.04 Å². The number of nitrogens with one attached hydrogen (secondary N) is 1. The van der Waals surface area contributed by atoms with Crippen molar-refractivity contribution in [1.82, 2.24) is 5.32 Å². The van der Waals surface area contributed by atoms with Crippen LogP contribution in [0.3, 0.4) is 0 Å². The average molecular weight is 366 g/mol. The zero-order chi connectivity index (χ0) is 14.8. The lowest BCUT2D eigenvalue weighted by atomic mass is 10.0. The molecule has 2 heterocycles. The number of benzene rings is 1. The van der Waals surface area contributed by atoms with Gasteiger partial charge >= 0.3 is 5.97 Å². The van der Waals surface area contributed by atoms with Crippen molar-refractivity contribution < 1.29 is 14.3 Å². The highest BCUT2D eigenvalue weighted by Crippen LogP contribution is 2.30. The van der Waals surface area contributed by atoms with E-state index in [-0.39, 0.29) is 11.9 Å². The number of halogens is 1. The topological polar surface area (TPSA) is 55.4 Å². The Morgan fingerprint density at radius 2 is 2.24 bits per heavy atom. The molecular weight excluding hydrogens is 354 g/mol. The van der Waals surface area contributed by atoms with Gasteiger partial charge in [0.1, 0.15) is 6.04 Å². The molecule has 3 rings (SSSR count). The second-order valence-electron chi connectivity index (χ2n) is 4.65. The van der Waals surface area contributed by atoms with Crippen LogP contribution in [0.2, 0.25) is 0 Å². The molecule has 1 aromatic heterocycles. The number of cyclic esters (lactones) is 1. The van der Waals surface area contributed by atoms with Gasteiger partial charge in [-0.15, -0.1) is 11.3 Å². The number of amides is 1. The van der Waals surface area contributed by atoms with Crippen molar-refractivity contribution in [3.63, 3.8) is 0 Å². The Bertz CT molecular complexity index is 684. The number of carbonyl (C=O) groups is 2. The van der Waals surface area contributed by atoms with Crippen molar-refractivity contribution in [2.45, 2.75) is 12.5 Å². The lowest BCUT2D eigenvalue weighted by Crippen LogP contribution is -2.38. The number of esters is 1. The number of ether oxygens (including phenoxy) is 1. The molecule has 4 nitrogen and oxygen atoms in total. The molecule has 1 aliphatic heterocycles. The molecule has 1 aliphatic rings. The summed E-state index contributed by atoms with van der Waals surface area (Å²) in [6.45, 7) is 0.363. The third-order valence-electron chi connectivity index (χ3n) is 3.25. The summed E-state index contributed by atoms with van der Waals surface area (Å²) >= 11 is 4.99. The van der Waals surface area contributed by atoms with Crippen molar-refractivity contribution in [2.75, 3.05) is 6.61 Å². The highest BCUT2D eigenvalue weighted by Gasteiger charge is 2.29. The molecule has 2 aromatic rings. The fraction of sp³-hybridized carbons (Fsp3) is 0.200. The number of carbonyl (C=O) groups excluding carboxylic acids is 2. The summed E-state index contributed by atoms with van der Waals surface area (Å²) in [7, 11) is 0. The zero-order valence-electron chi connectivity index (χ0n) is 11.0. The van der Waals surface area contributed by atoms with Crippen molar-refractivity contribution in [1.29, 1.82) is 0 Å². The van der Waals surface area contributed by atoms with Crippen LogP contribution in [0.1, 0.15) is 16.8 Å². The predicted octanol–water partition coefficient (Wildman–Crippen LogP) is 3.22. The van der Waals surface area contributed by atoms with E-state index in [1.165, 1.54) is 0 Å². The first-order valence-corrected chi connectivity index (χ1v) is 8.13. The molecule has 0 aliphatic carbocycles. The summed E-state index contributed by atoms with van der Waals surface area (Å²) in [5, 5.41) is 4.71. The van der Waals surface area contributed by atoms with Gasteiger partial charge in [0.2, 0.25) is 0 Å². The van der Waals surface area contributed by atoms with E-state index in [1.807, 2.05) is 29.6 Å². The standard InChI is InChI=1S/C15H12BrNO3S/c16-9-3-4-10(11(8-9)13-2-1-7-21-13)14(18)17-12-5-6-20-15(12)19/h1-4,7-8,12H,5-6H2,(H,17,18). The fourth-order valence-electron chi connectivity index (χ4n) is 2.21. The highest BCUT2D eigenvalue weighted by atomic mass is 79.9. The Kier molecular flexibility index (Phi) is 4.07. The summed E-state index contributed by atoms with van der Waals surface area (Å²) in [5.41, 5.74) is 1.41. The smallest absolute Gasteiger partial charge is 0.328 e. The molecule has 1 aromatic carbocycles. The van der Waals surface area contributed by atoms with E-state index in [2.05, 4.69) is 21.2 Å². The van der Waals surface area contributed by atoms with E-state index in [0.717, 1.165) is 14.9 Å². The minimum absolute atomic E-state index is 0.255. The van der Waals surface area contributed by atoms with Gasteiger partial charge in [0, 0.05) is 26.9 Å². The second kappa shape index (κ2) is 5.99. The van der Waals surface area contributed by atoms with Crippen molar-refractivity contribution >= 4 is 39.1 Å². The van der Waals surface area contributed by atoms with Crippen LogP contribution >= 0.6 is 27.3 Å². The molecule has 0 saturated carbocycles. The normalized spacial score (nSPS) is 17.6. The molecule has 21 heavy (non-hydrogen) atoms. The van der Waals surface area contributed by atoms with E-state index in [9.17, 15) is 9.59 Å². The summed E-state index contributed by atoms with van der Waals surface area (Å²) in [4.78, 5) is 24.9. The number of hydrogen-bond acceptors (Lipinski definition) is 4. The van der Waals surface area contributed by atoms with E-state index in [1.54, 1.807) is 17.4 Å². The maximum atomic E-state index is 12.4. The minimum atomic E-state index is -0.544. The van der Waals surface area contributed by atoms with Crippen LogP contribution in [0.4, 0.5) is 0 Å². The molecule has 0 radical (unpaired) electrons. The number of thiophene rings is 1. The lowest BCUT2D eigenvalue weighted by molar-refractivity contribution is -0.139. The van der Waals surface area contributed by atoms with Crippen LogP contribution in [-0.4, -0.2) is 24.5 Å². The Morgan fingerprint density at radius 3 is 2.90 bits per heavy atom. The van der Waals surface area contributed by atoms with Crippen LogP contribution in [0.5, 0.6) is 0 Å². The van der Waals surface area contributed by atoms with Crippen molar-refractivity contribution in [3.05, 3.63) is 45.7 Å². The van der Waals surface area contributed by atoms with E-state index >= 15 is 0 Å². The largest absolute Gasteiger partial charge is 0.464 e. The maximum Gasteiger partial charge on any atom is 0.328 e. The summed E-state index contributed by atoms with van der Waals surface area (Å²) in [5.74, 6) is -0.618. The first-order chi connectivity index (χ1) is 10.1. The van der Waals surface area contributed by atoms with Gasteiger partial charge in [-0.2, -0.15) is 0 Å². The average Bonchev–Trinajstić information content (AvgIpc) is 3.11. The second-order valence-corrected chi connectivity index (χ2v) is 6.51. The molecule has 1 N–H and O–H groups in total. The Morgan fingerprint density at radius 1 is 1.38 bits per heavy atom. The third kappa shape index (κ3) is 3.01.